The van der Waals surface area contributed by atoms with Crippen LogP contribution in [0.5, 0.6) is 0 Å². The second kappa shape index (κ2) is 6.53. The zero-order valence-corrected chi connectivity index (χ0v) is 13.4. The molecule has 4 heteroatoms. The minimum atomic E-state index is -0.0259. The predicted octanol–water partition coefficient (Wildman–Crippen LogP) is 3.10. The molecular formula is C18H24N2O2. The number of amides is 1. The lowest BCUT2D eigenvalue weighted by Crippen LogP contribution is -2.47. The molecule has 1 aromatic carbocycles. The summed E-state index contributed by atoms with van der Waals surface area (Å²) in [4.78, 5) is 14.4. The van der Waals surface area contributed by atoms with Gasteiger partial charge in [-0.05, 0) is 25.5 Å². The smallest absolute Gasteiger partial charge is 0.239 e. The fourth-order valence-electron chi connectivity index (χ4n) is 3.25. The zero-order chi connectivity index (χ0) is 15.5. The van der Waals surface area contributed by atoms with E-state index in [4.69, 9.17) is 4.42 Å². The summed E-state index contributed by atoms with van der Waals surface area (Å²) in [6, 6.07) is 8.04. The second-order valence-corrected chi connectivity index (χ2v) is 6.05. The van der Waals surface area contributed by atoms with E-state index in [0.717, 1.165) is 48.1 Å². The summed E-state index contributed by atoms with van der Waals surface area (Å²) >= 11 is 0. The standard InChI is InChI=1S/C18H24N2O2/c1-3-16-14(13-8-4-5-10-17(13)22-16)12-20(2)18(21)15-9-6-7-11-19-15/h4-5,8,10,15,19H,3,6-7,9,11-12H2,1-2H3. The maximum absolute atomic E-state index is 12.6. The number of rotatable bonds is 4. The average Bonchev–Trinajstić information content (AvgIpc) is 2.93. The molecule has 1 amide bonds. The van der Waals surface area contributed by atoms with Crippen molar-refractivity contribution in [2.75, 3.05) is 13.6 Å². The number of hydrogen-bond donors (Lipinski definition) is 1. The van der Waals surface area contributed by atoms with Crippen LogP contribution >= 0.6 is 0 Å². The number of aryl methyl sites for hydroxylation is 1. The number of furan rings is 1. The summed E-state index contributed by atoms with van der Waals surface area (Å²) < 4.78 is 5.92. The van der Waals surface area contributed by atoms with Gasteiger partial charge in [0.1, 0.15) is 11.3 Å². The number of carbonyl (C=O) groups excluding carboxylic acids is 1. The Labute approximate surface area is 131 Å². The average molecular weight is 300 g/mol. The fourth-order valence-corrected chi connectivity index (χ4v) is 3.25. The molecule has 1 aromatic heterocycles. The molecule has 0 saturated carbocycles. The number of benzene rings is 1. The zero-order valence-electron chi connectivity index (χ0n) is 13.4. The topological polar surface area (TPSA) is 45.5 Å². The van der Waals surface area contributed by atoms with Gasteiger partial charge in [0, 0.05) is 31.0 Å². The van der Waals surface area contributed by atoms with Crippen molar-refractivity contribution in [1.29, 1.82) is 0 Å². The first kappa shape index (κ1) is 15.1. The Balaban J connectivity index is 1.81. The number of piperidine rings is 1. The minimum absolute atomic E-state index is 0.0259. The number of nitrogens with one attached hydrogen (secondary N) is 1. The van der Waals surface area contributed by atoms with Crippen LogP contribution in [-0.2, 0) is 17.8 Å². The van der Waals surface area contributed by atoms with Crippen molar-refractivity contribution in [2.24, 2.45) is 0 Å². The number of hydrogen-bond acceptors (Lipinski definition) is 3. The van der Waals surface area contributed by atoms with Crippen molar-refractivity contribution in [3.05, 3.63) is 35.6 Å². The van der Waals surface area contributed by atoms with E-state index in [2.05, 4.69) is 18.3 Å². The summed E-state index contributed by atoms with van der Waals surface area (Å²) in [5, 5.41) is 4.45. The van der Waals surface area contributed by atoms with Gasteiger partial charge >= 0.3 is 0 Å². The lowest BCUT2D eigenvalue weighted by molar-refractivity contribution is -0.133. The van der Waals surface area contributed by atoms with Crippen molar-refractivity contribution in [2.45, 2.75) is 45.2 Å². The van der Waals surface area contributed by atoms with E-state index in [1.807, 2.05) is 30.1 Å². The molecule has 1 fully saturated rings. The Morgan fingerprint density at radius 2 is 2.18 bits per heavy atom. The maximum atomic E-state index is 12.6. The van der Waals surface area contributed by atoms with Crippen LogP contribution in [0.1, 0.15) is 37.5 Å². The van der Waals surface area contributed by atoms with Crippen LogP contribution in [0, 0.1) is 0 Å². The molecule has 0 radical (unpaired) electrons. The van der Waals surface area contributed by atoms with Crippen LogP contribution in [0.15, 0.2) is 28.7 Å². The molecule has 1 saturated heterocycles. The lowest BCUT2D eigenvalue weighted by atomic mass is 10.0. The lowest BCUT2D eigenvalue weighted by Gasteiger charge is -2.27. The molecule has 22 heavy (non-hydrogen) atoms. The van der Waals surface area contributed by atoms with E-state index in [1.54, 1.807) is 0 Å². The van der Waals surface area contributed by atoms with E-state index in [-0.39, 0.29) is 11.9 Å². The van der Waals surface area contributed by atoms with Crippen LogP contribution in [0.25, 0.3) is 11.0 Å². The van der Waals surface area contributed by atoms with Gasteiger partial charge in [0.15, 0.2) is 0 Å². The van der Waals surface area contributed by atoms with E-state index < -0.39 is 0 Å². The minimum Gasteiger partial charge on any atom is -0.461 e. The first-order valence-corrected chi connectivity index (χ1v) is 8.18. The molecule has 1 atom stereocenters. The van der Waals surface area contributed by atoms with Gasteiger partial charge in [-0.2, -0.15) is 0 Å². The van der Waals surface area contributed by atoms with Gasteiger partial charge in [0.25, 0.3) is 0 Å². The number of nitrogens with zero attached hydrogens (tertiary/aromatic N) is 1. The normalized spacial score (nSPS) is 18.5. The second-order valence-electron chi connectivity index (χ2n) is 6.05. The number of fused-ring (bicyclic) bond motifs is 1. The Kier molecular flexibility index (Phi) is 4.48. The highest BCUT2D eigenvalue weighted by Gasteiger charge is 2.25. The van der Waals surface area contributed by atoms with Gasteiger partial charge in [-0.25, -0.2) is 0 Å². The van der Waals surface area contributed by atoms with Crippen LogP contribution in [0.4, 0.5) is 0 Å². The number of likely N-dealkylation sites (N-methyl/N-ethyl adjacent to an activating group) is 1. The van der Waals surface area contributed by atoms with Gasteiger partial charge < -0.3 is 14.6 Å². The Morgan fingerprint density at radius 1 is 1.36 bits per heavy atom. The van der Waals surface area contributed by atoms with Gasteiger partial charge in [-0.1, -0.05) is 31.5 Å². The van der Waals surface area contributed by atoms with Crippen LogP contribution < -0.4 is 5.32 Å². The van der Waals surface area contributed by atoms with E-state index in [1.165, 1.54) is 6.42 Å². The molecular weight excluding hydrogens is 276 g/mol. The summed E-state index contributed by atoms with van der Waals surface area (Å²) in [6.45, 7) is 3.64. The molecule has 4 nitrogen and oxygen atoms in total. The largest absolute Gasteiger partial charge is 0.461 e. The van der Waals surface area contributed by atoms with Crippen LogP contribution in [0.2, 0.25) is 0 Å². The van der Waals surface area contributed by atoms with Gasteiger partial charge in [-0.15, -0.1) is 0 Å². The molecule has 0 spiro atoms. The summed E-state index contributed by atoms with van der Waals surface area (Å²) in [5.74, 6) is 1.17. The van der Waals surface area contributed by atoms with Crippen molar-refractivity contribution >= 4 is 16.9 Å². The van der Waals surface area contributed by atoms with Crippen LogP contribution in [0.3, 0.4) is 0 Å². The molecule has 3 rings (SSSR count). The molecule has 1 aliphatic rings. The fraction of sp³-hybridized carbons (Fsp3) is 0.500. The molecule has 0 bridgehead atoms. The Hall–Kier alpha value is -1.81. The molecule has 2 aromatic rings. The van der Waals surface area contributed by atoms with Crippen molar-refractivity contribution in [1.82, 2.24) is 10.2 Å². The molecule has 1 aliphatic heterocycles. The van der Waals surface area contributed by atoms with Gasteiger partial charge in [-0.3, -0.25) is 4.79 Å². The third-order valence-electron chi connectivity index (χ3n) is 4.48. The molecule has 118 valence electrons. The Morgan fingerprint density at radius 3 is 2.91 bits per heavy atom. The van der Waals surface area contributed by atoms with E-state index >= 15 is 0 Å². The first-order chi connectivity index (χ1) is 10.7. The Bertz CT molecular complexity index is 656. The van der Waals surface area contributed by atoms with Gasteiger partial charge in [0.2, 0.25) is 5.91 Å². The first-order valence-electron chi connectivity index (χ1n) is 8.18. The van der Waals surface area contributed by atoms with Gasteiger partial charge in [0.05, 0.1) is 6.04 Å². The quantitative estimate of drug-likeness (QED) is 0.943. The molecule has 0 aliphatic carbocycles. The highest BCUT2D eigenvalue weighted by Crippen LogP contribution is 2.27. The maximum Gasteiger partial charge on any atom is 0.239 e. The summed E-state index contributed by atoms with van der Waals surface area (Å²) in [5.41, 5.74) is 2.05. The SMILES string of the molecule is CCc1oc2ccccc2c1CN(C)C(=O)C1CCCCN1. The summed E-state index contributed by atoms with van der Waals surface area (Å²) in [6.07, 6.45) is 4.08. The van der Waals surface area contributed by atoms with E-state index in [9.17, 15) is 4.79 Å². The third kappa shape index (κ3) is 2.88. The monoisotopic (exact) mass is 300 g/mol. The predicted molar refractivity (Wildman–Crippen MR) is 87.7 cm³/mol. The number of para-hydroxylation sites is 1. The molecule has 1 N–H and O–H groups in total. The van der Waals surface area contributed by atoms with Crippen molar-refractivity contribution < 1.29 is 9.21 Å². The van der Waals surface area contributed by atoms with Crippen LogP contribution in [-0.4, -0.2) is 30.4 Å². The van der Waals surface area contributed by atoms with Crippen molar-refractivity contribution in [3.8, 4) is 0 Å². The highest BCUT2D eigenvalue weighted by molar-refractivity contribution is 5.84. The third-order valence-corrected chi connectivity index (χ3v) is 4.48. The summed E-state index contributed by atoms with van der Waals surface area (Å²) in [7, 11) is 1.89. The van der Waals surface area contributed by atoms with Crippen molar-refractivity contribution in [3.63, 3.8) is 0 Å². The van der Waals surface area contributed by atoms with E-state index in [0.29, 0.717) is 6.54 Å². The highest BCUT2D eigenvalue weighted by atomic mass is 16.3. The molecule has 2 heterocycles. The number of carbonyl (C=O) groups is 1. The molecule has 1 unspecified atom stereocenters.